The number of nitro groups is 1. The van der Waals surface area contributed by atoms with E-state index < -0.39 is 16.7 Å². The molecular formula is C24H22N4O7. The van der Waals surface area contributed by atoms with Gasteiger partial charge in [0.15, 0.2) is 11.5 Å². The highest BCUT2D eigenvalue weighted by molar-refractivity contribution is 6.05. The highest BCUT2D eigenvalue weighted by atomic mass is 16.6. The molecule has 2 N–H and O–H groups in total. The van der Waals surface area contributed by atoms with Crippen molar-refractivity contribution in [3.8, 4) is 17.2 Å². The van der Waals surface area contributed by atoms with Gasteiger partial charge in [-0.25, -0.2) is 5.43 Å². The molecule has 180 valence electrons. The number of nitrogens with zero attached hydrogens (tertiary/aromatic N) is 2. The molecule has 0 saturated carbocycles. The molecular weight excluding hydrogens is 456 g/mol. The molecule has 0 spiro atoms. The van der Waals surface area contributed by atoms with Crippen LogP contribution in [0.25, 0.3) is 0 Å². The van der Waals surface area contributed by atoms with Crippen LogP contribution < -0.4 is 25.0 Å². The summed E-state index contributed by atoms with van der Waals surface area (Å²) in [6.07, 6.45) is 1.41. The summed E-state index contributed by atoms with van der Waals surface area (Å²) in [7, 11) is 4.48. The van der Waals surface area contributed by atoms with Crippen LogP contribution in [0, 0.1) is 10.1 Å². The van der Waals surface area contributed by atoms with E-state index in [1.165, 1.54) is 57.9 Å². The zero-order valence-electron chi connectivity index (χ0n) is 19.1. The van der Waals surface area contributed by atoms with Crippen LogP contribution in [-0.4, -0.2) is 44.3 Å². The van der Waals surface area contributed by atoms with Crippen molar-refractivity contribution in [1.82, 2.24) is 5.43 Å². The minimum Gasteiger partial charge on any atom is -0.493 e. The third-order valence-corrected chi connectivity index (χ3v) is 4.77. The van der Waals surface area contributed by atoms with E-state index in [4.69, 9.17) is 14.2 Å². The minimum absolute atomic E-state index is 0.115. The van der Waals surface area contributed by atoms with Crippen molar-refractivity contribution >= 4 is 29.4 Å². The van der Waals surface area contributed by atoms with Crippen LogP contribution in [0.2, 0.25) is 0 Å². The molecule has 0 aromatic heterocycles. The molecule has 0 atom stereocenters. The first-order valence-corrected chi connectivity index (χ1v) is 10.2. The Bertz CT molecular complexity index is 1270. The van der Waals surface area contributed by atoms with Gasteiger partial charge in [-0.05, 0) is 36.4 Å². The van der Waals surface area contributed by atoms with Gasteiger partial charge in [-0.3, -0.25) is 19.7 Å². The summed E-state index contributed by atoms with van der Waals surface area (Å²) in [5.74, 6) is 0.241. The SMILES string of the molecule is COc1cc(/C=N/NC(=O)c2cccc(NC(=O)c3cccc([N+](=O)[O-])c3)c2)cc(OC)c1OC. The van der Waals surface area contributed by atoms with E-state index in [-0.39, 0.29) is 16.8 Å². The summed E-state index contributed by atoms with van der Waals surface area (Å²) in [6, 6.07) is 14.9. The van der Waals surface area contributed by atoms with Gasteiger partial charge in [-0.2, -0.15) is 5.10 Å². The number of hydrazone groups is 1. The third kappa shape index (κ3) is 6.11. The number of nitro benzene ring substituents is 1. The first-order valence-electron chi connectivity index (χ1n) is 10.2. The van der Waals surface area contributed by atoms with E-state index in [1.54, 1.807) is 30.3 Å². The first kappa shape index (κ1) is 24.7. The molecule has 0 aliphatic heterocycles. The molecule has 0 saturated heterocycles. The van der Waals surface area contributed by atoms with Crippen LogP contribution in [0.1, 0.15) is 26.3 Å². The predicted molar refractivity (Wildman–Crippen MR) is 129 cm³/mol. The lowest BCUT2D eigenvalue weighted by atomic mass is 10.1. The van der Waals surface area contributed by atoms with E-state index in [2.05, 4.69) is 15.8 Å². The number of benzene rings is 3. The molecule has 0 unspecified atom stereocenters. The zero-order chi connectivity index (χ0) is 25.4. The largest absolute Gasteiger partial charge is 0.493 e. The average Bonchev–Trinajstić information content (AvgIpc) is 2.88. The Balaban J connectivity index is 1.69. The van der Waals surface area contributed by atoms with Crippen LogP contribution in [0.15, 0.2) is 65.8 Å². The Morgan fingerprint density at radius 3 is 2.11 bits per heavy atom. The number of carbonyl (C=O) groups excluding carboxylic acids is 2. The van der Waals surface area contributed by atoms with Crippen molar-refractivity contribution < 1.29 is 28.7 Å². The summed E-state index contributed by atoms with van der Waals surface area (Å²) >= 11 is 0. The van der Waals surface area contributed by atoms with E-state index in [0.29, 0.717) is 28.5 Å². The maximum atomic E-state index is 12.5. The molecule has 0 bridgehead atoms. The molecule has 0 aliphatic carbocycles. The summed E-state index contributed by atoms with van der Waals surface area (Å²) < 4.78 is 15.9. The molecule has 0 aliphatic rings. The van der Waals surface area contributed by atoms with Gasteiger partial charge >= 0.3 is 0 Å². The Hall–Kier alpha value is -4.93. The quantitative estimate of drug-likeness (QED) is 0.272. The van der Waals surface area contributed by atoms with Gasteiger partial charge in [0, 0.05) is 34.5 Å². The Labute approximate surface area is 200 Å². The van der Waals surface area contributed by atoms with Gasteiger partial charge in [0.25, 0.3) is 17.5 Å². The third-order valence-electron chi connectivity index (χ3n) is 4.77. The number of hydrogen-bond acceptors (Lipinski definition) is 8. The topological polar surface area (TPSA) is 141 Å². The molecule has 11 heteroatoms. The van der Waals surface area contributed by atoms with Crippen LogP contribution in [-0.2, 0) is 0 Å². The van der Waals surface area contributed by atoms with Crippen LogP contribution in [0.5, 0.6) is 17.2 Å². The van der Waals surface area contributed by atoms with Gasteiger partial charge in [0.2, 0.25) is 5.75 Å². The van der Waals surface area contributed by atoms with E-state index >= 15 is 0 Å². The van der Waals surface area contributed by atoms with Crippen LogP contribution in [0.4, 0.5) is 11.4 Å². The van der Waals surface area contributed by atoms with Gasteiger partial charge in [0.05, 0.1) is 32.5 Å². The van der Waals surface area contributed by atoms with Gasteiger partial charge in [0.1, 0.15) is 0 Å². The van der Waals surface area contributed by atoms with E-state index in [0.717, 1.165) is 0 Å². The fraction of sp³-hybridized carbons (Fsp3) is 0.125. The van der Waals surface area contributed by atoms with Gasteiger partial charge in [-0.15, -0.1) is 0 Å². The summed E-state index contributed by atoms with van der Waals surface area (Å²) in [6.45, 7) is 0. The Morgan fingerprint density at radius 1 is 0.886 bits per heavy atom. The molecule has 35 heavy (non-hydrogen) atoms. The van der Waals surface area contributed by atoms with E-state index in [9.17, 15) is 19.7 Å². The lowest BCUT2D eigenvalue weighted by Crippen LogP contribution is -2.18. The summed E-state index contributed by atoms with van der Waals surface area (Å²) in [5.41, 5.74) is 3.50. The number of anilines is 1. The number of ether oxygens (including phenoxy) is 3. The second-order valence-corrected chi connectivity index (χ2v) is 7.00. The van der Waals surface area contributed by atoms with Crippen molar-refractivity contribution in [2.24, 2.45) is 5.10 Å². The lowest BCUT2D eigenvalue weighted by molar-refractivity contribution is -0.384. The standard InChI is InChI=1S/C24H22N4O7/c1-33-20-10-15(11-21(34-2)22(20)35-3)14-25-27-24(30)16-6-4-8-18(12-16)26-23(29)17-7-5-9-19(13-17)28(31)32/h4-14H,1-3H3,(H,26,29)(H,27,30)/b25-14+. The maximum absolute atomic E-state index is 12.5. The molecule has 11 nitrogen and oxygen atoms in total. The van der Waals surface area contributed by atoms with Gasteiger partial charge < -0.3 is 19.5 Å². The van der Waals surface area contributed by atoms with Crippen LogP contribution in [0.3, 0.4) is 0 Å². The average molecular weight is 478 g/mol. The number of rotatable bonds is 9. The smallest absolute Gasteiger partial charge is 0.271 e. The van der Waals surface area contributed by atoms with Crippen LogP contribution >= 0.6 is 0 Å². The fourth-order valence-electron chi connectivity index (χ4n) is 3.11. The van der Waals surface area contributed by atoms with Crippen molar-refractivity contribution in [2.75, 3.05) is 26.6 Å². The molecule has 0 radical (unpaired) electrons. The number of methoxy groups -OCH3 is 3. The number of nitrogens with one attached hydrogen (secondary N) is 2. The monoisotopic (exact) mass is 478 g/mol. The molecule has 3 aromatic carbocycles. The highest BCUT2D eigenvalue weighted by Gasteiger charge is 2.14. The van der Waals surface area contributed by atoms with Crippen molar-refractivity contribution in [3.05, 3.63) is 87.5 Å². The molecule has 0 fully saturated rings. The zero-order valence-corrected chi connectivity index (χ0v) is 19.1. The Kier molecular flexibility index (Phi) is 7.96. The van der Waals surface area contributed by atoms with Crippen molar-refractivity contribution in [3.63, 3.8) is 0 Å². The number of hydrogen-bond donors (Lipinski definition) is 2. The molecule has 0 heterocycles. The lowest BCUT2D eigenvalue weighted by Gasteiger charge is -2.12. The fourth-order valence-corrected chi connectivity index (χ4v) is 3.11. The number of carbonyl (C=O) groups is 2. The molecule has 3 rings (SSSR count). The highest BCUT2D eigenvalue weighted by Crippen LogP contribution is 2.37. The molecule has 3 aromatic rings. The maximum Gasteiger partial charge on any atom is 0.271 e. The van der Waals surface area contributed by atoms with Crippen molar-refractivity contribution in [1.29, 1.82) is 0 Å². The first-order chi connectivity index (χ1) is 16.9. The minimum atomic E-state index is -0.583. The number of amides is 2. The normalized spacial score (nSPS) is 10.5. The summed E-state index contributed by atoms with van der Waals surface area (Å²) in [4.78, 5) is 35.3. The summed E-state index contributed by atoms with van der Waals surface area (Å²) in [5, 5.41) is 17.5. The van der Waals surface area contributed by atoms with E-state index in [1.807, 2.05) is 0 Å². The second-order valence-electron chi connectivity index (χ2n) is 7.00. The number of non-ortho nitro benzene ring substituents is 1. The Morgan fingerprint density at radius 2 is 1.51 bits per heavy atom. The molecule has 2 amide bonds. The van der Waals surface area contributed by atoms with Gasteiger partial charge in [-0.1, -0.05) is 12.1 Å². The predicted octanol–water partition coefficient (Wildman–Crippen LogP) is 3.64. The van der Waals surface area contributed by atoms with Crippen molar-refractivity contribution in [2.45, 2.75) is 0 Å². The second kappa shape index (κ2) is 11.3.